The van der Waals surface area contributed by atoms with Crippen LogP contribution >= 0.6 is 0 Å². The number of anilines is 1. The smallest absolute Gasteiger partial charge is 0.255 e. The van der Waals surface area contributed by atoms with Gasteiger partial charge in [0.1, 0.15) is 5.65 Å². The Morgan fingerprint density at radius 3 is 2.62 bits per heavy atom. The third-order valence-corrected chi connectivity index (χ3v) is 3.59. The van der Waals surface area contributed by atoms with Crippen molar-refractivity contribution >= 4 is 23.1 Å². The second-order valence-electron chi connectivity index (χ2n) is 5.67. The van der Waals surface area contributed by atoms with Crippen LogP contribution in [-0.4, -0.2) is 40.2 Å². The maximum absolute atomic E-state index is 12.3. The van der Waals surface area contributed by atoms with Gasteiger partial charge >= 0.3 is 0 Å². The van der Waals surface area contributed by atoms with Gasteiger partial charge < -0.3 is 14.6 Å². The van der Waals surface area contributed by atoms with Crippen molar-refractivity contribution in [1.29, 1.82) is 0 Å². The van der Waals surface area contributed by atoms with E-state index in [1.807, 2.05) is 35.0 Å². The van der Waals surface area contributed by atoms with Crippen LogP contribution in [0.5, 0.6) is 0 Å². The fourth-order valence-corrected chi connectivity index (χ4v) is 2.45. The number of imidazole rings is 1. The van der Waals surface area contributed by atoms with Gasteiger partial charge in [0.05, 0.1) is 23.4 Å². The fourth-order valence-electron chi connectivity index (χ4n) is 2.45. The lowest BCUT2D eigenvalue weighted by molar-refractivity contribution is -0.115. The number of carbonyl (C=O) groups excluding carboxylic acids is 2. The topological polar surface area (TPSA) is 66.7 Å². The highest BCUT2D eigenvalue weighted by Crippen LogP contribution is 2.17. The molecule has 0 aliphatic heterocycles. The normalized spacial score (nSPS) is 10.6. The van der Waals surface area contributed by atoms with E-state index in [9.17, 15) is 9.59 Å². The molecule has 2 heterocycles. The van der Waals surface area contributed by atoms with Crippen molar-refractivity contribution in [3.63, 3.8) is 0 Å². The molecular formula is C18H18N4O2. The predicted molar refractivity (Wildman–Crippen MR) is 92.0 cm³/mol. The third kappa shape index (κ3) is 3.27. The lowest BCUT2D eigenvalue weighted by Crippen LogP contribution is -2.24. The molecule has 2 amide bonds. The molecule has 2 aromatic heterocycles. The number of aromatic nitrogens is 2. The minimum Gasteiger partial charge on any atom is -0.345 e. The van der Waals surface area contributed by atoms with Gasteiger partial charge in [-0.1, -0.05) is 18.2 Å². The molecule has 0 bridgehead atoms. The highest BCUT2D eigenvalue weighted by atomic mass is 16.2. The molecule has 24 heavy (non-hydrogen) atoms. The number of benzene rings is 1. The summed E-state index contributed by atoms with van der Waals surface area (Å²) in [5.41, 5.74) is 2.44. The number of nitrogens with one attached hydrogen (secondary N) is 1. The molecule has 0 saturated carbocycles. The average Bonchev–Trinajstić information content (AvgIpc) is 2.96. The standard InChI is InChI=1S/C18H18N4O2/c1-21(2)18(24)14-7-3-4-8-15(14)20-17(23)11-13-12-22-10-6-5-9-16(22)19-13/h3-10,12H,11H2,1-2H3,(H,20,23). The molecule has 122 valence electrons. The molecule has 0 saturated heterocycles. The molecule has 6 heteroatoms. The van der Waals surface area contributed by atoms with Crippen LogP contribution in [0.1, 0.15) is 16.1 Å². The predicted octanol–water partition coefficient (Wildman–Crippen LogP) is 2.22. The van der Waals surface area contributed by atoms with E-state index < -0.39 is 0 Å². The molecule has 6 nitrogen and oxygen atoms in total. The quantitative estimate of drug-likeness (QED) is 0.801. The van der Waals surface area contributed by atoms with E-state index in [2.05, 4.69) is 10.3 Å². The number of hydrogen-bond acceptors (Lipinski definition) is 3. The lowest BCUT2D eigenvalue weighted by atomic mass is 10.1. The molecule has 0 radical (unpaired) electrons. The number of carbonyl (C=O) groups is 2. The molecule has 3 rings (SSSR count). The zero-order valence-corrected chi connectivity index (χ0v) is 13.6. The molecule has 3 aromatic rings. The lowest BCUT2D eigenvalue weighted by Gasteiger charge is -2.14. The van der Waals surface area contributed by atoms with Crippen LogP contribution < -0.4 is 5.32 Å². The van der Waals surface area contributed by atoms with Gasteiger partial charge in [-0.2, -0.15) is 0 Å². The minimum absolute atomic E-state index is 0.145. The van der Waals surface area contributed by atoms with Crippen molar-refractivity contribution in [2.45, 2.75) is 6.42 Å². The molecule has 1 N–H and O–H groups in total. The Hall–Kier alpha value is -3.15. The molecule has 0 atom stereocenters. The number of fused-ring (bicyclic) bond motifs is 1. The first-order valence-electron chi connectivity index (χ1n) is 7.58. The summed E-state index contributed by atoms with van der Waals surface area (Å²) in [5, 5.41) is 2.80. The average molecular weight is 322 g/mol. The molecule has 0 aliphatic rings. The Kier molecular flexibility index (Phi) is 4.29. The summed E-state index contributed by atoms with van der Waals surface area (Å²) >= 11 is 0. The van der Waals surface area contributed by atoms with E-state index in [-0.39, 0.29) is 18.2 Å². The maximum atomic E-state index is 12.3. The molecule has 0 spiro atoms. The zero-order valence-electron chi connectivity index (χ0n) is 13.6. The second-order valence-corrected chi connectivity index (χ2v) is 5.67. The summed E-state index contributed by atoms with van der Waals surface area (Å²) in [7, 11) is 3.36. The van der Waals surface area contributed by atoms with E-state index in [1.54, 1.807) is 38.4 Å². The van der Waals surface area contributed by atoms with Gasteiger partial charge in [0.15, 0.2) is 0 Å². The van der Waals surface area contributed by atoms with Crippen molar-refractivity contribution < 1.29 is 9.59 Å². The van der Waals surface area contributed by atoms with E-state index in [1.165, 1.54) is 4.90 Å². The molecule has 1 aromatic carbocycles. The summed E-state index contributed by atoms with van der Waals surface area (Å²) in [5.74, 6) is -0.365. The monoisotopic (exact) mass is 322 g/mol. The first-order valence-corrected chi connectivity index (χ1v) is 7.58. The van der Waals surface area contributed by atoms with Gasteiger partial charge in [0.2, 0.25) is 5.91 Å². The first-order chi connectivity index (χ1) is 11.5. The molecular weight excluding hydrogens is 304 g/mol. The van der Waals surface area contributed by atoms with Crippen molar-refractivity contribution in [3.05, 3.63) is 66.1 Å². The van der Waals surface area contributed by atoms with Crippen LogP contribution in [0.4, 0.5) is 5.69 Å². The van der Waals surface area contributed by atoms with Crippen molar-refractivity contribution in [1.82, 2.24) is 14.3 Å². The minimum atomic E-state index is -0.211. The van der Waals surface area contributed by atoms with E-state index in [4.69, 9.17) is 0 Å². The molecule has 0 unspecified atom stereocenters. The van der Waals surface area contributed by atoms with Crippen molar-refractivity contribution in [3.8, 4) is 0 Å². The summed E-state index contributed by atoms with van der Waals surface area (Å²) in [6.07, 6.45) is 3.85. The van der Waals surface area contributed by atoms with Crippen LogP contribution in [0, 0.1) is 0 Å². The number of pyridine rings is 1. The Bertz CT molecular complexity index is 866. The third-order valence-electron chi connectivity index (χ3n) is 3.59. The van der Waals surface area contributed by atoms with Crippen LogP contribution in [0.25, 0.3) is 5.65 Å². The van der Waals surface area contributed by atoms with E-state index >= 15 is 0 Å². The zero-order chi connectivity index (χ0) is 17.1. The number of para-hydroxylation sites is 1. The van der Waals surface area contributed by atoms with Crippen LogP contribution in [0.3, 0.4) is 0 Å². The van der Waals surface area contributed by atoms with Gasteiger partial charge in [-0.15, -0.1) is 0 Å². The SMILES string of the molecule is CN(C)C(=O)c1ccccc1NC(=O)Cc1cn2ccccc2n1. The first kappa shape index (κ1) is 15.7. The summed E-state index contributed by atoms with van der Waals surface area (Å²) < 4.78 is 1.87. The maximum Gasteiger partial charge on any atom is 0.255 e. The summed E-state index contributed by atoms with van der Waals surface area (Å²) in [6, 6.07) is 12.7. The van der Waals surface area contributed by atoms with Gasteiger partial charge in [0.25, 0.3) is 5.91 Å². The van der Waals surface area contributed by atoms with Gasteiger partial charge in [-0.05, 0) is 24.3 Å². The van der Waals surface area contributed by atoms with Gasteiger partial charge in [-0.25, -0.2) is 4.98 Å². The number of rotatable bonds is 4. The van der Waals surface area contributed by atoms with Crippen molar-refractivity contribution in [2.75, 3.05) is 19.4 Å². The number of hydrogen-bond donors (Lipinski definition) is 1. The largest absolute Gasteiger partial charge is 0.345 e. The van der Waals surface area contributed by atoms with E-state index in [0.717, 1.165) is 5.65 Å². The Morgan fingerprint density at radius 2 is 1.88 bits per heavy atom. The van der Waals surface area contributed by atoms with E-state index in [0.29, 0.717) is 16.9 Å². The molecule has 0 aliphatic carbocycles. The number of nitrogens with zero attached hydrogens (tertiary/aromatic N) is 3. The summed E-state index contributed by atoms with van der Waals surface area (Å²) in [4.78, 5) is 30.4. The highest BCUT2D eigenvalue weighted by molar-refractivity contribution is 6.03. The van der Waals surface area contributed by atoms with Gasteiger partial charge in [0, 0.05) is 26.5 Å². The Balaban J connectivity index is 1.76. The fraction of sp³-hybridized carbons (Fsp3) is 0.167. The second kappa shape index (κ2) is 6.54. The van der Waals surface area contributed by atoms with Crippen LogP contribution in [0.2, 0.25) is 0 Å². The highest BCUT2D eigenvalue weighted by Gasteiger charge is 2.15. The Labute approximate surface area is 139 Å². The number of amides is 2. The van der Waals surface area contributed by atoms with Crippen LogP contribution in [0.15, 0.2) is 54.9 Å². The molecule has 0 fully saturated rings. The van der Waals surface area contributed by atoms with Gasteiger partial charge in [-0.3, -0.25) is 9.59 Å². The van der Waals surface area contributed by atoms with Crippen molar-refractivity contribution in [2.24, 2.45) is 0 Å². The Morgan fingerprint density at radius 1 is 1.12 bits per heavy atom. The van der Waals surface area contributed by atoms with Crippen LogP contribution in [-0.2, 0) is 11.2 Å². The summed E-state index contributed by atoms with van der Waals surface area (Å²) in [6.45, 7) is 0.